The van der Waals surface area contributed by atoms with Gasteiger partial charge in [-0.2, -0.15) is 11.8 Å². The topological polar surface area (TPSA) is 38.3 Å². The molecule has 0 aliphatic carbocycles. The summed E-state index contributed by atoms with van der Waals surface area (Å²) < 4.78 is 5.16. The van der Waals surface area contributed by atoms with Crippen LogP contribution < -0.4 is 5.32 Å². The Morgan fingerprint density at radius 2 is 2.07 bits per heavy atom. The summed E-state index contributed by atoms with van der Waals surface area (Å²) in [6.45, 7) is 8.97. The van der Waals surface area contributed by atoms with Crippen LogP contribution in [0.3, 0.4) is 0 Å². The molecule has 0 saturated heterocycles. The van der Waals surface area contributed by atoms with E-state index in [1.54, 1.807) is 0 Å². The fraction of sp³-hybridized carbons (Fsp3) is 0.909. The van der Waals surface area contributed by atoms with E-state index >= 15 is 0 Å². The van der Waals surface area contributed by atoms with Gasteiger partial charge >= 0.3 is 5.97 Å². The molecule has 0 spiro atoms. The van der Waals surface area contributed by atoms with Crippen LogP contribution in [0.25, 0.3) is 0 Å². The summed E-state index contributed by atoms with van der Waals surface area (Å²) in [6, 6.07) is 0. The van der Waals surface area contributed by atoms with Crippen molar-refractivity contribution >= 4 is 17.7 Å². The molecule has 0 fully saturated rings. The third-order valence-corrected chi connectivity index (χ3v) is 2.86. The van der Waals surface area contributed by atoms with Gasteiger partial charge < -0.3 is 10.1 Å². The van der Waals surface area contributed by atoms with Crippen molar-refractivity contribution in [1.82, 2.24) is 5.32 Å². The second-order valence-corrected chi connectivity index (χ2v) is 5.87. The molecule has 1 unspecified atom stereocenters. The lowest BCUT2D eigenvalue weighted by atomic mass is 10.2. The fourth-order valence-electron chi connectivity index (χ4n) is 0.991. The number of carbonyl (C=O) groups excluding carboxylic acids is 1. The quantitative estimate of drug-likeness (QED) is 0.563. The maximum Gasteiger partial charge on any atom is 0.320 e. The molecule has 4 heteroatoms. The fourth-order valence-corrected chi connectivity index (χ4v) is 1.34. The Bertz CT molecular complexity index is 190. The van der Waals surface area contributed by atoms with E-state index in [0.717, 1.165) is 13.0 Å². The van der Waals surface area contributed by atoms with Crippen molar-refractivity contribution in [2.75, 3.05) is 19.3 Å². The van der Waals surface area contributed by atoms with Crippen molar-refractivity contribution in [1.29, 1.82) is 0 Å². The molecule has 0 rings (SSSR count). The van der Waals surface area contributed by atoms with Crippen molar-refractivity contribution in [3.63, 3.8) is 0 Å². The highest BCUT2D eigenvalue weighted by Crippen LogP contribution is 2.08. The first kappa shape index (κ1) is 14.8. The second kappa shape index (κ2) is 7.12. The first-order chi connectivity index (χ1) is 6.85. The number of nitrogens with one attached hydrogen (secondary N) is 1. The number of carbonyl (C=O) groups is 1. The molecule has 0 aromatic heterocycles. The van der Waals surface area contributed by atoms with Gasteiger partial charge in [0, 0.05) is 5.25 Å². The maximum atomic E-state index is 11.3. The number of ether oxygens (including phenoxy) is 1. The number of hydrogen-bond acceptors (Lipinski definition) is 4. The summed E-state index contributed by atoms with van der Waals surface area (Å²) in [4.78, 5) is 11.3. The average Bonchev–Trinajstić information content (AvgIpc) is 2.09. The zero-order chi connectivity index (χ0) is 11.9. The van der Waals surface area contributed by atoms with Gasteiger partial charge in [-0.1, -0.05) is 6.92 Å². The van der Waals surface area contributed by atoms with E-state index in [9.17, 15) is 4.79 Å². The Morgan fingerprint density at radius 3 is 2.53 bits per heavy atom. The Morgan fingerprint density at radius 1 is 1.47 bits per heavy atom. The molecule has 3 nitrogen and oxygen atoms in total. The summed E-state index contributed by atoms with van der Waals surface area (Å²) in [6.07, 6.45) is 3.17. The highest BCUT2D eigenvalue weighted by atomic mass is 32.2. The predicted molar refractivity (Wildman–Crippen MR) is 66.3 cm³/mol. The van der Waals surface area contributed by atoms with Crippen LogP contribution in [0, 0.1) is 0 Å². The number of thioether (sulfide) groups is 1. The lowest BCUT2D eigenvalue weighted by molar-refractivity contribution is -0.153. The lowest BCUT2D eigenvalue weighted by Crippen LogP contribution is -2.32. The van der Waals surface area contributed by atoms with Gasteiger partial charge in [-0.05, 0) is 40.0 Å². The van der Waals surface area contributed by atoms with Crippen molar-refractivity contribution < 1.29 is 9.53 Å². The first-order valence-corrected chi connectivity index (χ1v) is 6.59. The van der Waals surface area contributed by atoms with Crippen molar-refractivity contribution in [3.05, 3.63) is 0 Å². The van der Waals surface area contributed by atoms with Gasteiger partial charge in [0.25, 0.3) is 0 Å². The summed E-state index contributed by atoms with van der Waals surface area (Å²) in [5, 5.41) is 3.72. The minimum absolute atomic E-state index is 0.181. The molecule has 1 atom stereocenters. The van der Waals surface area contributed by atoms with Gasteiger partial charge in [-0.25, -0.2) is 0 Å². The Balaban J connectivity index is 3.48. The van der Waals surface area contributed by atoms with Crippen molar-refractivity contribution in [2.24, 2.45) is 0 Å². The molecule has 0 amide bonds. The molecule has 0 saturated carbocycles. The molecule has 0 aromatic carbocycles. The minimum Gasteiger partial charge on any atom is -0.459 e. The highest BCUT2D eigenvalue weighted by molar-refractivity contribution is 7.99. The number of esters is 1. The Labute approximate surface area is 97.3 Å². The van der Waals surface area contributed by atoms with E-state index in [2.05, 4.69) is 18.5 Å². The minimum atomic E-state index is -0.384. The van der Waals surface area contributed by atoms with Gasteiger partial charge in [0.15, 0.2) is 0 Å². The molecule has 90 valence electrons. The van der Waals surface area contributed by atoms with Gasteiger partial charge in [0.2, 0.25) is 0 Å². The molecule has 15 heavy (non-hydrogen) atoms. The smallest absolute Gasteiger partial charge is 0.320 e. The molecular weight excluding hydrogens is 210 g/mol. The zero-order valence-electron chi connectivity index (χ0n) is 10.4. The normalized spacial score (nSPS) is 13.7. The predicted octanol–water partition coefficient (Wildman–Crippen LogP) is 2.06. The third-order valence-electron chi connectivity index (χ3n) is 1.82. The highest BCUT2D eigenvalue weighted by Gasteiger charge is 2.15. The van der Waals surface area contributed by atoms with Crippen LogP contribution in [0.15, 0.2) is 0 Å². The zero-order valence-corrected chi connectivity index (χ0v) is 11.2. The molecule has 1 N–H and O–H groups in total. The molecule has 0 aromatic rings. The summed E-state index contributed by atoms with van der Waals surface area (Å²) in [7, 11) is 0. The number of rotatable bonds is 6. The molecule has 0 heterocycles. The Kier molecular flexibility index (Phi) is 7.02. The summed E-state index contributed by atoms with van der Waals surface area (Å²) in [5.41, 5.74) is -0.384. The molecule has 0 aliphatic rings. The SMILES string of the molecule is CSC(C)CCNCC(=O)OC(C)(C)C. The van der Waals surface area contributed by atoms with E-state index in [0.29, 0.717) is 11.8 Å². The van der Waals surface area contributed by atoms with E-state index in [4.69, 9.17) is 4.74 Å². The lowest BCUT2D eigenvalue weighted by Gasteiger charge is -2.19. The standard InChI is InChI=1S/C11H23NO2S/c1-9(15-5)6-7-12-8-10(13)14-11(2,3)4/h9,12H,6-8H2,1-5H3. The van der Waals surface area contributed by atoms with Crippen LogP contribution in [-0.2, 0) is 9.53 Å². The van der Waals surface area contributed by atoms with Gasteiger partial charge in [0.1, 0.15) is 5.60 Å². The van der Waals surface area contributed by atoms with Crippen LogP contribution in [0.1, 0.15) is 34.1 Å². The summed E-state index contributed by atoms with van der Waals surface area (Å²) in [5.74, 6) is -0.181. The molecule has 0 radical (unpaired) electrons. The van der Waals surface area contributed by atoms with E-state index < -0.39 is 0 Å². The van der Waals surface area contributed by atoms with E-state index in [-0.39, 0.29) is 11.6 Å². The van der Waals surface area contributed by atoms with Gasteiger partial charge in [-0.15, -0.1) is 0 Å². The van der Waals surface area contributed by atoms with Crippen LogP contribution in [0.5, 0.6) is 0 Å². The molecule has 0 aliphatic heterocycles. The Hall–Kier alpha value is -0.220. The van der Waals surface area contributed by atoms with Gasteiger partial charge in [-0.3, -0.25) is 4.79 Å². The largest absolute Gasteiger partial charge is 0.459 e. The van der Waals surface area contributed by atoms with Crippen LogP contribution >= 0.6 is 11.8 Å². The average molecular weight is 233 g/mol. The van der Waals surface area contributed by atoms with Crippen LogP contribution in [0.4, 0.5) is 0 Å². The molecular formula is C11H23NO2S. The molecule has 0 bridgehead atoms. The van der Waals surface area contributed by atoms with Crippen LogP contribution in [0.2, 0.25) is 0 Å². The second-order valence-electron chi connectivity index (χ2n) is 4.60. The van der Waals surface area contributed by atoms with Crippen LogP contribution in [-0.4, -0.2) is 36.2 Å². The summed E-state index contributed by atoms with van der Waals surface area (Å²) >= 11 is 1.84. The van der Waals surface area contributed by atoms with E-state index in [1.165, 1.54) is 0 Å². The first-order valence-electron chi connectivity index (χ1n) is 5.30. The maximum absolute atomic E-state index is 11.3. The monoisotopic (exact) mass is 233 g/mol. The van der Waals surface area contributed by atoms with E-state index in [1.807, 2.05) is 32.5 Å². The van der Waals surface area contributed by atoms with Crippen molar-refractivity contribution in [2.45, 2.75) is 45.0 Å². The number of hydrogen-bond donors (Lipinski definition) is 1. The van der Waals surface area contributed by atoms with Crippen molar-refractivity contribution in [3.8, 4) is 0 Å². The third kappa shape index (κ3) is 10.1. The van der Waals surface area contributed by atoms with Gasteiger partial charge in [0.05, 0.1) is 6.54 Å².